The lowest BCUT2D eigenvalue weighted by molar-refractivity contribution is -0.299. The molecule has 0 radical (unpaired) electrons. The highest BCUT2D eigenvalue weighted by atomic mass is 16.7. The molecule has 0 aromatic heterocycles. The van der Waals surface area contributed by atoms with Crippen molar-refractivity contribution in [2.75, 3.05) is 20.3 Å². The van der Waals surface area contributed by atoms with Crippen LogP contribution in [0, 0.1) is 0 Å². The van der Waals surface area contributed by atoms with E-state index in [1.807, 2.05) is 0 Å². The fourth-order valence-corrected chi connectivity index (χ4v) is 2.91. The number of ether oxygens (including phenoxy) is 4. The maximum atomic E-state index is 12.2. The van der Waals surface area contributed by atoms with Gasteiger partial charge >= 0.3 is 5.97 Å². The van der Waals surface area contributed by atoms with Crippen molar-refractivity contribution in [3.8, 4) is 11.5 Å². The Kier molecular flexibility index (Phi) is 9.53. The Bertz CT molecular complexity index is 797. The summed E-state index contributed by atoms with van der Waals surface area (Å²) in [7, 11) is 1.36. The van der Waals surface area contributed by atoms with Crippen LogP contribution in [0.25, 0.3) is 6.08 Å². The van der Waals surface area contributed by atoms with Gasteiger partial charge in [0.05, 0.1) is 20.3 Å². The Hall–Kier alpha value is -2.58. The fourth-order valence-electron chi connectivity index (χ4n) is 2.91. The van der Waals surface area contributed by atoms with E-state index in [1.54, 1.807) is 0 Å². The Labute approximate surface area is 182 Å². The molecule has 1 heterocycles. The summed E-state index contributed by atoms with van der Waals surface area (Å²) < 4.78 is 20.4. The number of carbonyl (C=O) groups excluding carboxylic acids is 2. The lowest BCUT2D eigenvalue weighted by Gasteiger charge is -2.39. The Balaban J connectivity index is 2.06. The van der Waals surface area contributed by atoms with Crippen molar-refractivity contribution in [2.45, 2.75) is 42.9 Å². The van der Waals surface area contributed by atoms with E-state index < -0.39 is 62.1 Å². The molecular weight excluding hydrogens is 432 g/mol. The third kappa shape index (κ3) is 6.46. The van der Waals surface area contributed by atoms with Crippen LogP contribution in [0.5, 0.6) is 11.5 Å². The minimum Gasteiger partial charge on any atom is -0.504 e. The summed E-state index contributed by atoms with van der Waals surface area (Å²) in [5, 5.41) is 58.5. The number of phenols is 1. The second kappa shape index (κ2) is 11.9. The first-order valence-electron chi connectivity index (χ1n) is 9.53. The first kappa shape index (κ1) is 25.7. The lowest BCUT2D eigenvalue weighted by Crippen LogP contribution is -2.58. The molecular formula is C20H26O12. The molecule has 1 aromatic carbocycles. The standard InChI is InChI=1S/C20H26O12/c1-29-15-6-10(2-4-11(15)23)3-5-16(27)31-19-14(26)9-30-20(17(19)28)32-18(12(24)7-21)13(25)8-22/h2-7,12-14,17-20,22-26,28H,8-9H2,1H3/b5-3+/t12-,13-,14-,17+,18+,19-,20-/m0/s1. The first-order valence-corrected chi connectivity index (χ1v) is 9.53. The van der Waals surface area contributed by atoms with Crippen molar-refractivity contribution < 1.29 is 59.2 Å². The minimum atomic E-state index is -1.84. The van der Waals surface area contributed by atoms with Gasteiger partial charge in [0, 0.05) is 6.08 Å². The quantitative estimate of drug-likeness (QED) is 0.125. The Morgan fingerprint density at radius 3 is 2.66 bits per heavy atom. The van der Waals surface area contributed by atoms with Gasteiger partial charge in [0.1, 0.15) is 30.5 Å². The van der Waals surface area contributed by atoms with Crippen LogP contribution in [0.15, 0.2) is 24.3 Å². The normalized spacial score (nSPS) is 26.3. The molecule has 1 aliphatic rings. The number of phenolic OH excluding ortho intramolecular Hbond substituents is 1. The summed E-state index contributed by atoms with van der Waals surface area (Å²) >= 11 is 0. The molecule has 12 heteroatoms. The van der Waals surface area contributed by atoms with Crippen molar-refractivity contribution in [2.24, 2.45) is 0 Å². The zero-order valence-corrected chi connectivity index (χ0v) is 17.1. The van der Waals surface area contributed by atoms with Crippen LogP contribution in [-0.2, 0) is 23.8 Å². The zero-order valence-electron chi connectivity index (χ0n) is 17.1. The smallest absolute Gasteiger partial charge is 0.331 e. The number of methoxy groups -OCH3 is 1. The molecule has 12 nitrogen and oxygen atoms in total. The summed E-state index contributed by atoms with van der Waals surface area (Å²) in [6, 6.07) is 4.34. The average molecular weight is 458 g/mol. The van der Waals surface area contributed by atoms with E-state index in [9.17, 15) is 35.1 Å². The highest BCUT2D eigenvalue weighted by molar-refractivity contribution is 5.87. The number of aldehydes is 1. The van der Waals surface area contributed by atoms with Gasteiger partial charge in [-0.15, -0.1) is 0 Å². The summed E-state index contributed by atoms with van der Waals surface area (Å²) in [6.07, 6.45) is -9.00. The molecule has 0 aliphatic carbocycles. The minimum absolute atomic E-state index is 0.0637. The van der Waals surface area contributed by atoms with Crippen LogP contribution in [0.1, 0.15) is 5.56 Å². The van der Waals surface area contributed by atoms with Crippen molar-refractivity contribution in [1.82, 2.24) is 0 Å². The number of benzene rings is 1. The SMILES string of the molecule is COc1cc(/C=C/C(=O)O[C@@H]2[C@@H](O)[C@H](O[C@H]([C@@H](O)C=O)[C@@H](O)CO)OC[C@@H]2O)ccc1O. The molecule has 0 unspecified atom stereocenters. The number of aromatic hydroxyl groups is 1. The van der Waals surface area contributed by atoms with E-state index in [-0.39, 0.29) is 17.8 Å². The summed E-state index contributed by atoms with van der Waals surface area (Å²) in [5.41, 5.74) is 0.495. The number of aliphatic hydroxyl groups excluding tert-OH is 5. The van der Waals surface area contributed by atoms with Gasteiger partial charge in [0.2, 0.25) is 0 Å². The molecule has 1 aromatic rings. The van der Waals surface area contributed by atoms with Gasteiger partial charge in [-0.2, -0.15) is 0 Å². The Morgan fingerprint density at radius 2 is 2.03 bits per heavy atom. The van der Waals surface area contributed by atoms with Crippen molar-refractivity contribution in [3.63, 3.8) is 0 Å². The molecule has 0 spiro atoms. The van der Waals surface area contributed by atoms with E-state index >= 15 is 0 Å². The molecule has 6 N–H and O–H groups in total. The molecule has 1 fully saturated rings. The van der Waals surface area contributed by atoms with Crippen LogP contribution in [-0.4, -0.2) is 106 Å². The molecule has 1 saturated heterocycles. The summed E-state index contributed by atoms with van der Waals surface area (Å²) in [5.74, 6) is -0.829. The van der Waals surface area contributed by atoms with Crippen molar-refractivity contribution in [1.29, 1.82) is 0 Å². The predicted octanol–water partition coefficient (Wildman–Crippen LogP) is -2.30. The summed E-state index contributed by atoms with van der Waals surface area (Å²) in [4.78, 5) is 23.0. The van der Waals surface area contributed by atoms with Gasteiger partial charge in [-0.3, -0.25) is 0 Å². The molecule has 7 atom stereocenters. The molecule has 32 heavy (non-hydrogen) atoms. The maximum absolute atomic E-state index is 12.2. The molecule has 1 aliphatic heterocycles. The fraction of sp³-hybridized carbons (Fsp3) is 0.500. The van der Waals surface area contributed by atoms with E-state index in [0.717, 1.165) is 6.08 Å². The monoisotopic (exact) mass is 458 g/mol. The van der Waals surface area contributed by atoms with Crippen molar-refractivity contribution in [3.05, 3.63) is 29.8 Å². The highest BCUT2D eigenvalue weighted by Gasteiger charge is 2.44. The van der Waals surface area contributed by atoms with E-state index in [4.69, 9.17) is 24.1 Å². The topological polar surface area (TPSA) is 192 Å². The van der Waals surface area contributed by atoms with Gasteiger partial charge in [-0.05, 0) is 23.8 Å². The number of hydrogen-bond donors (Lipinski definition) is 6. The van der Waals surface area contributed by atoms with Crippen molar-refractivity contribution >= 4 is 18.3 Å². The van der Waals surface area contributed by atoms with Gasteiger partial charge in [0.25, 0.3) is 0 Å². The maximum Gasteiger partial charge on any atom is 0.331 e. The van der Waals surface area contributed by atoms with Crippen LogP contribution in [0.3, 0.4) is 0 Å². The third-order valence-electron chi connectivity index (χ3n) is 4.63. The predicted molar refractivity (Wildman–Crippen MR) is 105 cm³/mol. The number of aliphatic hydroxyl groups is 5. The van der Waals surface area contributed by atoms with Crippen LogP contribution < -0.4 is 4.74 Å². The molecule has 2 rings (SSSR count). The average Bonchev–Trinajstić information content (AvgIpc) is 2.79. The van der Waals surface area contributed by atoms with E-state index in [2.05, 4.69) is 0 Å². The second-order valence-electron chi connectivity index (χ2n) is 6.90. The number of hydrogen-bond acceptors (Lipinski definition) is 12. The first-order chi connectivity index (χ1) is 15.2. The third-order valence-corrected chi connectivity index (χ3v) is 4.63. The van der Waals surface area contributed by atoms with E-state index in [1.165, 1.54) is 31.4 Å². The molecule has 0 bridgehead atoms. The second-order valence-corrected chi connectivity index (χ2v) is 6.90. The van der Waals surface area contributed by atoms with Gasteiger partial charge in [-0.25, -0.2) is 4.79 Å². The highest BCUT2D eigenvalue weighted by Crippen LogP contribution is 2.27. The van der Waals surface area contributed by atoms with Crippen LogP contribution in [0.4, 0.5) is 0 Å². The van der Waals surface area contributed by atoms with Gasteiger partial charge in [0.15, 0.2) is 30.2 Å². The molecule has 178 valence electrons. The van der Waals surface area contributed by atoms with Gasteiger partial charge < -0.3 is 54.4 Å². The summed E-state index contributed by atoms with van der Waals surface area (Å²) in [6.45, 7) is -1.29. The number of carbonyl (C=O) groups is 2. The molecule has 0 amide bonds. The number of rotatable bonds is 10. The van der Waals surface area contributed by atoms with Gasteiger partial charge in [-0.1, -0.05) is 6.07 Å². The van der Waals surface area contributed by atoms with E-state index in [0.29, 0.717) is 5.56 Å². The Morgan fingerprint density at radius 1 is 1.31 bits per heavy atom. The lowest BCUT2D eigenvalue weighted by atomic mass is 10.0. The molecule has 0 saturated carbocycles. The van der Waals surface area contributed by atoms with Crippen LogP contribution in [0.2, 0.25) is 0 Å². The number of esters is 1. The van der Waals surface area contributed by atoms with Crippen LogP contribution >= 0.6 is 0 Å². The zero-order chi connectivity index (χ0) is 23.8. The largest absolute Gasteiger partial charge is 0.504 e.